The summed E-state index contributed by atoms with van der Waals surface area (Å²) in [4.78, 5) is 0. The monoisotopic (exact) mass is 276 g/mol. The number of hydrogen-bond acceptors (Lipinski definition) is 1. The van der Waals surface area contributed by atoms with Crippen molar-refractivity contribution in [1.82, 2.24) is 0 Å². The Labute approximate surface area is 120 Å². The third kappa shape index (κ3) is 1.81. The molecule has 5 rings (SSSR count). The van der Waals surface area contributed by atoms with E-state index in [9.17, 15) is 5.11 Å². The average Bonchev–Trinajstić information content (AvgIpc) is 2.37. The van der Waals surface area contributed by atoms with Gasteiger partial charge in [0, 0.05) is 5.56 Å². The fourth-order valence-electron chi connectivity index (χ4n) is 5.49. The van der Waals surface area contributed by atoms with E-state index < -0.39 is 0 Å². The Morgan fingerprint density at radius 3 is 2.16 bits per heavy atom. The van der Waals surface area contributed by atoms with Crippen molar-refractivity contribution in [2.45, 2.75) is 49.8 Å². The van der Waals surface area contributed by atoms with Crippen LogP contribution in [-0.4, -0.2) is 5.11 Å². The molecule has 1 N–H and O–H groups in total. The van der Waals surface area contributed by atoms with E-state index in [2.05, 4.69) is 12.1 Å². The summed E-state index contributed by atoms with van der Waals surface area (Å²) < 4.78 is 0. The van der Waals surface area contributed by atoms with E-state index in [1.54, 1.807) is 0 Å². The van der Waals surface area contributed by atoms with Gasteiger partial charge in [0.25, 0.3) is 0 Å². The van der Waals surface area contributed by atoms with Gasteiger partial charge < -0.3 is 5.11 Å². The van der Waals surface area contributed by atoms with Crippen LogP contribution >= 0.6 is 11.6 Å². The number of phenolic OH excluding ortho intramolecular Hbond substituents is 1. The van der Waals surface area contributed by atoms with Crippen LogP contribution in [0.5, 0.6) is 5.75 Å². The van der Waals surface area contributed by atoms with E-state index in [4.69, 9.17) is 11.6 Å². The second-order valence-electron chi connectivity index (χ2n) is 7.18. The number of phenols is 1. The van der Waals surface area contributed by atoms with Gasteiger partial charge in [0.05, 0.1) is 5.88 Å². The number of aromatic hydroxyl groups is 1. The zero-order valence-corrected chi connectivity index (χ0v) is 12.0. The quantitative estimate of drug-likeness (QED) is 0.783. The van der Waals surface area contributed by atoms with Crippen molar-refractivity contribution in [3.05, 3.63) is 29.3 Å². The molecule has 4 bridgehead atoms. The molecule has 1 aromatic carbocycles. The minimum Gasteiger partial charge on any atom is -0.508 e. The van der Waals surface area contributed by atoms with Crippen molar-refractivity contribution in [2.75, 3.05) is 0 Å². The van der Waals surface area contributed by atoms with Gasteiger partial charge in [-0.15, -0.1) is 11.6 Å². The van der Waals surface area contributed by atoms with Gasteiger partial charge >= 0.3 is 0 Å². The first kappa shape index (κ1) is 12.1. The number of benzene rings is 1. The Kier molecular flexibility index (Phi) is 2.64. The molecule has 1 aromatic rings. The summed E-state index contributed by atoms with van der Waals surface area (Å²) >= 11 is 5.95. The first-order valence-corrected chi connectivity index (χ1v) is 8.10. The van der Waals surface area contributed by atoms with E-state index in [0.29, 0.717) is 17.0 Å². The predicted octanol–water partition coefficient (Wildman–Crippen LogP) is 4.60. The maximum absolute atomic E-state index is 9.83. The number of alkyl halides is 1. The fourth-order valence-corrected chi connectivity index (χ4v) is 5.70. The molecule has 0 aromatic heterocycles. The van der Waals surface area contributed by atoms with E-state index in [1.807, 2.05) is 6.07 Å². The molecule has 4 aliphatic carbocycles. The van der Waals surface area contributed by atoms with E-state index in [1.165, 1.54) is 44.1 Å². The molecule has 0 amide bonds. The molecule has 0 spiro atoms. The standard InChI is InChI=1S/C17H21ClO/c18-10-14-6-15(1-2-16(14)19)17-7-11-3-12(8-17)5-13(4-11)9-17/h1-2,6,11-13,19H,3-5,7-10H2. The van der Waals surface area contributed by atoms with Crippen LogP contribution in [0.4, 0.5) is 0 Å². The lowest BCUT2D eigenvalue weighted by molar-refractivity contribution is -0.00522. The number of halogens is 1. The average molecular weight is 277 g/mol. The maximum atomic E-state index is 9.83. The first-order chi connectivity index (χ1) is 9.18. The molecule has 102 valence electrons. The third-order valence-corrected chi connectivity index (χ3v) is 6.16. The van der Waals surface area contributed by atoms with Crippen LogP contribution in [0.25, 0.3) is 0 Å². The summed E-state index contributed by atoms with van der Waals surface area (Å²) in [5.41, 5.74) is 2.75. The van der Waals surface area contributed by atoms with Crippen LogP contribution in [-0.2, 0) is 11.3 Å². The second-order valence-corrected chi connectivity index (χ2v) is 7.44. The molecule has 19 heavy (non-hydrogen) atoms. The molecular formula is C17H21ClO. The fraction of sp³-hybridized carbons (Fsp3) is 0.647. The summed E-state index contributed by atoms with van der Waals surface area (Å²) in [6.45, 7) is 0. The van der Waals surface area contributed by atoms with Crippen molar-refractivity contribution < 1.29 is 5.11 Å². The smallest absolute Gasteiger partial charge is 0.120 e. The zero-order valence-electron chi connectivity index (χ0n) is 11.2. The van der Waals surface area contributed by atoms with Gasteiger partial charge in [0.1, 0.15) is 5.75 Å². The molecule has 4 aliphatic rings. The topological polar surface area (TPSA) is 20.2 Å². The van der Waals surface area contributed by atoms with Crippen LogP contribution in [0, 0.1) is 17.8 Å². The number of rotatable bonds is 2. The van der Waals surface area contributed by atoms with Crippen LogP contribution in [0.3, 0.4) is 0 Å². The Balaban J connectivity index is 1.75. The highest BCUT2D eigenvalue weighted by Crippen LogP contribution is 2.60. The molecule has 4 fully saturated rings. The molecule has 0 atom stereocenters. The van der Waals surface area contributed by atoms with Crippen molar-refractivity contribution in [3.8, 4) is 5.75 Å². The van der Waals surface area contributed by atoms with Gasteiger partial charge in [-0.3, -0.25) is 0 Å². The van der Waals surface area contributed by atoms with E-state index >= 15 is 0 Å². The molecule has 0 aliphatic heterocycles. The minimum absolute atomic E-state index is 0.350. The Bertz CT molecular complexity index is 473. The van der Waals surface area contributed by atoms with Crippen molar-refractivity contribution in [3.63, 3.8) is 0 Å². The maximum Gasteiger partial charge on any atom is 0.120 e. The van der Waals surface area contributed by atoms with Gasteiger partial charge in [-0.05, 0) is 73.3 Å². The summed E-state index contributed by atoms with van der Waals surface area (Å²) in [6, 6.07) is 6.18. The van der Waals surface area contributed by atoms with E-state index in [-0.39, 0.29) is 0 Å². The van der Waals surface area contributed by atoms with Gasteiger partial charge in [0.15, 0.2) is 0 Å². The van der Waals surface area contributed by atoms with Crippen molar-refractivity contribution in [1.29, 1.82) is 0 Å². The zero-order chi connectivity index (χ0) is 13.0. The summed E-state index contributed by atoms with van der Waals surface area (Å²) in [7, 11) is 0. The lowest BCUT2D eigenvalue weighted by Crippen LogP contribution is -2.48. The summed E-state index contributed by atoms with van der Waals surface area (Å²) in [5, 5.41) is 9.83. The highest BCUT2D eigenvalue weighted by Gasteiger charge is 2.51. The molecule has 0 radical (unpaired) electrons. The number of hydrogen-bond donors (Lipinski definition) is 1. The van der Waals surface area contributed by atoms with Crippen LogP contribution in [0.15, 0.2) is 18.2 Å². The Hall–Kier alpha value is -0.690. The van der Waals surface area contributed by atoms with Gasteiger partial charge in [-0.25, -0.2) is 0 Å². The molecule has 2 heteroatoms. The van der Waals surface area contributed by atoms with Crippen LogP contribution in [0.2, 0.25) is 0 Å². The van der Waals surface area contributed by atoms with Crippen molar-refractivity contribution >= 4 is 11.6 Å². The lowest BCUT2D eigenvalue weighted by atomic mass is 9.48. The Morgan fingerprint density at radius 2 is 1.63 bits per heavy atom. The SMILES string of the molecule is Oc1ccc(C23CC4CC(CC(C4)C2)C3)cc1CCl. The first-order valence-electron chi connectivity index (χ1n) is 7.57. The van der Waals surface area contributed by atoms with Crippen LogP contribution in [0.1, 0.15) is 49.7 Å². The van der Waals surface area contributed by atoms with Gasteiger partial charge in [0.2, 0.25) is 0 Å². The minimum atomic E-state index is 0.350. The highest BCUT2D eigenvalue weighted by molar-refractivity contribution is 6.17. The van der Waals surface area contributed by atoms with E-state index in [0.717, 1.165) is 23.3 Å². The summed E-state index contributed by atoms with van der Waals surface area (Å²) in [6.07, 6.45) is 8.52. The second kappa shape index (κ2) is 4.15. The largest absolute Gasteiger partial charge is 0.508 e. The lowest BCUT2D eigenvalue weighted by Gasteiger charge is -2.57. The molecule has 1 nitrogen and oxygen atoms in total. The van der Waals surface area contributed by atoms with Crippen LogP contribution < -0.4 is 0 Å². The normalized spacial score (nSPS) is 39.7. The molecule has 0 saturated heterocycles. The van der Waals surface area contributed by atoms with Gasteiger partial charge in [-0.2, -0.15) is 0 Å². The molecule has 0 heterocycles. The van der Waals surface area contributed by atoms with Gasteiger partial charge in [-0.1, -0.05) is 12.1 Å². The molecule has 4 saturated carbocycles. The van der Waals surface area contributed by atoms with Crippen molar-refractivity contribution in [2.24, 2.45) is 17.8 Å². The molecule has 0 unspecified atom stereocenters. The highest BCUT2D eigenvalue weighted by atomic mass is 35.5. The molecular weight excluding hydrogens is 256 g/mol. The predicted molar refractivity (Wildman–Crippen MR) is 77.5 cm³/mol. The summed E-state index contributed by atoms with van der Waals surface area (Å²) in [5.74, 6) is 3.63. The Morgan fingerprint density at radius 1 is 1.05 bits per heavy atom. The third-order valence-electron chi connectivity index (χ3n) is 5.87.